The highest BCUT2D eigenvalue weighted by atomic mass is 19.2. The van der Waals surface area contributed by atoms with Crippen molar-refractivity contribution in [3.8, 4) is 5.75 Å². The van der Waals surface area contributed by atoms with Crippen LogP contribution in [0.5, 0.6) is 5.75 Å². The van der Waals surface area contributed by atoms with E-state index >= 15 is 0 Å². The summed E-state index contributed by atoms with van der Waals surface area (Å²) in [6.45, 7) is 4.20. The molecule has 1 aromatic carbocycles. The van der Waals surface area contributed by atoms with E-state index in [1.165, 1.54) is 44.2 Å². The number of benzene rings is 1. The smallest absolute Gasteiger partial charge is 0.309 e. The Morgan fingerprint density at radius 3 is 2.43 bits per heavy atom. The van der Waals surface area contributed by atoms with Crippen LogP contribution in [0.1, 0.15) is 83.3 Å². The molecule has 0 spiro atoms. The van der Waals surface area contributed by atoms with E-state index in [-0.39, 0.29) is 29.8 Å². The maximum Gasteiger partial charge on any atom is 0.309 e. The topological polar surface area (TPSA) is 35.5 Å². The van der Waals surface area contributed by atoms with Crippen molar-refractivity contribution in [2.45, 2.75) is 77.7 Å². The highest BCUT2D eigenvalue weighted by Gasteiger charge is 2.38. The molecule has 2 fully saturated rings. The van der Waals surface area contributed by atoms with E-state index < -0.39 is 17.7 Å². The molecule has 2 unspecified atom stereocenters. The van der Waals surface area contributed by atoms with Gasteiger partial charge in [-0.3, -0.25) is 4.79 Å². The number of halogens is 2. The van der Waals surface area contributed by atoms with Gasteiger partial charge in [0.05, 0.1) is 12.5 Å². The van der Waals surface area contributed by atoms with E-state index in [4.69, 9.17) is 9.47 Å². The first kappa shape index (κ1) is 21.1. The van der Waals surface area contributed by atoms with Crippen molar-refractivity contribution >= 4 is 5.97 Å². The molecule has 1 aromatic rings. The van der Waals surface area contributed by atoms with Crippen molar-refractivity contribution in [2.24, 2.45) is 17.8 Å². The lowest BCUT2D eigenvalue weighted by atomic mass is 9.72. The lowest BCUT2D eigenvalue weighted by molar-refractivity contribution is -0.164. The van der Waals surface area contributed by atoms with Gasteiger partial charge in [-0.2, -0.15) is 4.39 Å². The van der Waals surface area contributed by atoms with Gasteiger partial charge < -0.3 is 9.47 Å². The van der Waals surface area contributed by atoms with Gasteiger partial charge in [0.25, 0.3) is 0 Å². The third-order valence-corrected chi connectivity index (χ3v) is 6.45. The summed E-state index contributed by atoms with van der Waals surface area (Å²) in [6.07, 6.45) is 8.85. The first-order chi connectivity index (χ1) is 13.5. The molecule has 1 saturated carbocycles. The monoisotopic (exact) mass is 394 g/mol. The number of rotatable bonds is 7. The second-order valence-electron chi connectivity index (χ2n) is 8.25. The van der Waals surface area contributed by atoms with Gasteiger partial charge in [-0.25, -0.2) is 4.39 Å². The highest BCUT2D eigenvalue weighted by molar-refractivity contribution is 5.74. The lowest BCUT2D eigenvalue weighted by Gasteiger charge is -2.36. The van der Waals surface area contributed by atoms with E-state index in [1.807, 2.05) is 0 Å². The summed E-state index contributed by atoms with van der Waals surface area (Å²) in [6, 6.07) is 2.88. The molecule has 1 aliphatic carbocycles. The molecule has 5 heteroatoms. The molecule has 1 aliphatic heterocycles. The molecule has 3 rings (SSSR count). The predicted octanol–water partition coefficient (Wildman–Crippen LogP) is 6.35. The molecule has 2 atom stereocenters. The Morgan fingerprint density at radius 2 is 1.79 bits per heavy atom. The summed E-state index contributed by atoms with van der Waals surface area (Å²) < 4.78 is 39.3. The molecular formula is C23H32F2O3. The third-order valence-electron chi connectivity index (χ3n) is 6.45. The van der Waals surface area contributed by atoms with Crippen LogP contribution in [0.3, 0.4) is 0 Å². The summed E-state index contributed by atoms with van der Waals surface area (Å²) in [7, 11) is 0. The molecule has 0 radical (unpaired) electrons. The normalized spacial score (nSPS) is 28.1. The Bertz CT molecular complexity index is 668. The number of ether oxygens (including phenoxy) is 2. The number of cyclic esters (lactones) is 1. The highest BCUT2D eigenvalue weighted by Crippen LogP contribution is 2.42. The molecule has 1 heterocycles. The Kier molecular flexibility index (Phi) is 7.30. The van der Waals surface area contributed by atoms with Gasteiger partial charge in [0.2, 0.25) is 5.82 Å². The predicted molar refractivity (Wildman–Crippen MR) is 104 cm³/mol. The molecule has 2 aliphatic rings. The SMILES string of the molecule is CCCCC1CCC(C2CCC(c3ccc(OCC)c(F)c3F)OC2=O)CC1. The summed E-state index contributed by atoms with van der Waals surface area (Å²) in [5.74, 6) is -1.27. The van der Waals surface area contributed by atoms with Crippen molar-refractivity contribution in [3.63, 3.8) is 0 Å². The number of unbranched alkanes of at least 4 members (excludes halogenated alkanes) is 1. The molecule has 28 heavy (non-hydrogen) atoms. The second-order valence-corrected chi connectivity index (χ2v) is 8.25. The summed E-state index contributed by atoms with van der Waals surface area (Å²) in [5.41, 5.74) is 0.107. The van der Waals surface area contributed by atoms with Crippen LogP contribution in [0.25, 0.3) is 0 Å². The van der Waals surface area contributed by atoms with Gasteiger partial charge in [-0.05, 0) is 56.6 Å². The van der Waals surface area contributed by atoms with Crippen molar-refractivity contribution in [2.75, 3.05) is 6.61 Å². The summed E-state index contributed by atoms with van der Waals surface area (Å²) in [4.78, 5) is 12.6. The van der Waals surface area contributed by atoms with Crippen molar-refractivity contribution in [3.05, 3.63) is 29.3 Å². The minimum Gasteiger partial charge on any atom is -0.491 e. The number of hydrogen-bond donors (Lipinski definition) is 0. The Morgan fingerprint density at radius 1 is 1.04 bits per heavy atom. The largest absolute Gasteiger partial charge is 0.491 e. The van der Waals surface area contributed by atoms with Gasteiger partial charge in [0, 0.05) is 5.56 Å². The second kappa shape index (κ2) is 9.71. The van der Waals surface area contributed by atoms with Crippen LogP contribution >= 0.6 is 0 Å². The maximum absolute atomic E-state index is 14.4. The first-order valence-corrected chi connectivity index (χ1v) is 10.9. The van der Waals surface area contributed by atoms with Crippen LogP contribution in [0.2, 0.25) is 0 Å². The standard InChI is InChI=1S/C23H32F2O3/c1-3-5-6-15-7-9-16(10-8-15)17-11-13-19(28-23(17)26)18-12-14-20(27-4-2)22(25)21(18)24/h12,14-17,19H,3-11,13H2,1-2H3. The zero-order chi connectivity index (χ0) is 20.1. The fraction of sp³-hybridized carbons (Fsp3) is 0.696. The lowest BCUT2D eigenvalue weighted by Crippen LogP contribution is -2.34. The number of carbonyl (C=O) groups excluding carboxylic acids is 1. The van der Waals surface area contributed by atoms with E-state index in [2.05, 4.69) is 6.92 Å². The molecule has 0 N–H and O–H groups in total. The van der Waals surface area contributed by atoms with Crippen molar-refractivity contribution in [1.82, 2.24) is 0 Å². The van der Waals surface area contributed by atoms with E-state index in [1.54, 1.807) is 6.92 Å². The Hall–Kier alpha value is -1.65. The van der Waals surface area contributed by atoms with Crippen LogP contribution in [0.15, 0.2) is 12.1 Å². The Balaban J connectivity index is 1.59. The zero-order valence-corrected chi connectivity index (χ0v) is 17.0. The van der Waals surface area contributed by atoms with Crippen LogP contribution in [-0.4, -0.2) is 12.6 Å². The number of esters is 1. The van der Waals surface area contributed by atoms with Gasteiger partial charge in [0.15, 0.2) is 11.6 Å². The summed E-state index contributed by atoms with van der Waals surface area (Å²) >= 11 is 0. The van der Waals surface area contributed by atoms with Gasteiger partial charge >= 0.3 is 5.97 Å². The van der Waals surface area contributed by atoms with Gasteiger partial charge in [0.1, 0.15) is 6.10 Å². The molecular weight excluding hydrogens is 362 g/mol. The van der Waals surface area contributed by atoms with E-state index in [0.29, 0.717) is 18.8 Å². The Labute approximate surface area is 166 Å². The minimum absolute atomic E-state index is 0.0982. The van der Waals surface area contributed by atoms with E-state index in [9.17, 15) is 13.6 Å². The van der Waals surface area contributed by atoms with Gasteiger partial charge in [-0.15, -0.1) is 0 Å². The fourth-order valence-corrected chi connectivity index (χ4v) is 4.82. The average Bonchev–Trinajstić information content (AvgIpc) is 2.70. The molecule has 156 valence electrons. The number of carbonyl (C=O) groups is 1. The molecule has 1 saturated heterocycles. The quantitative estimate of drug-likeness (QED) is 0.505. The average molecular weight is 395 g/mol. The third kappa shape index (κ3) is 4.66. The number of hydrogen-bond acceptors (Lipinski definition) is 3. The minimum atomic E-state index is -1.01. The fourth-order valence-electron chi connectivity index (χ4n) is 4.82. The van der Waals surface area contributed by atoms with Crippen molar-refractivity contribution in [1.29, 1.82) is 0 Å². The maximum atomic E-state index is 14.4. The van der Waals surface area contributed by atoms with Crippen molar-refractivity contribution < 1.29 is 23.0 Å². The van der Waals surface area contributed by atoms with Crippen LogP contribution in [0, 0.1) is 29.4 Å². The summed E-state index contributed by atoms with van der Waals surface area (Å²) in [5, 5.41) is 0. The molecule has 0 bridgehead atoms. The molecule has 0 amide bonds. The van der Waals surface area contributed by atoms with Gasteiger partial charge in [-0.1, -0.05) is 39.0 Å². The van der Waals surface area contributed by atoms with Crippen LogP contribution in [0.4, 0.5) is 8.78 Å². The zero-order valence-electron chi connectivity index (χ0n) is 17.0. The van der Waals surface area contributed by atoms with Crippen LogP contribution in [-0.2, 0) is 9.53 Å². The first-order valence-electron chi connectivity index (χ1n) is 10.9. The van der Waals surface area contributed by atoms with E-state index in [0.717, 1.165) is 18.8 Å². The molecule has 3 nitrogen and oxygen atoms in total. The molecule has 0 aromatic heterocycles. The van der Waals surface area contributed by atoms with Crippen LogP contribution < -0.4 is 4.74 Å².